The molecule has 0 aliphatic carbocycles. The van der Waals surface area contributed by atoms with Crippen LogP contribution in [0.2, 0.25) is 0 Å². The van der Waals surface area contributed by atoms with Crippen molar-refractivity contribution in [1.29, 1.82) is 0 Å². The van der Waals surface area contributed by atoms with Crippen LogP contribution in [-0.2, 0) is 4.79 Å². The Bertz CT molecular complexity index is 751. The number of hydrogen-bond donors (Lipinski definition) is 0. The van der Waals surface area contributed by atoms with E-state index >= 15 is 0 Å². The van der Waals surface area contributed by atoms with E-state index in [1.54, 1.807) is 41.2 Å². The van der Waals surface area contributed by atoms with Crippen LogP contribution >= 0.6 is 11.8 Å². The third-order valence-electron chi connectivity index (χ3n) is 4.08. The van der Waals surface area contributed by atoms with Gasteiger partial charge in [0.1, 0.15) is 6.54 Å². The Morgan fingerprint density at radius 2 is 1.92 bits per heavy atom. The quantitative estimate of drug-likeness (QED) is 0.806. The molecular formula is C18H19N3O2S. The van der Waals surface area contributed by atoms with Crippen LogP contribution in [0.1, 0.15) is 17.3 Å². The van der Waals surface area contributed by atoms with Crippen LogP contribution < -0.4 is 4.90 Å². The first kappa shape index (κ1) is 16.5. The number of piperazine rings is 1. The van der Waals surface area contributed by atoms with E-state index in [2.05, 4.69) is 4.98 Å². The molecule has 1 saturated heterocycles. The summed E-state index contributed by atoms with van der Waals surface area (Å²) in [6.45, 7) is 2.57. The van der Waals surface area contributed by atoms with E-state index in [9.17, 15) is 9.59 Å². The van der Waals surface area contributed by atoms with Gasteiger partial charge in [0.2, 0.25) is 5.91 Å². The van der Waals surface area contributed by atoms with Gasteiger partial charge in [0.15, 0.2) is 0 Å². The van der Waals surface area contributed by atoms with Gasteiger partial charge in [0, 0.05) is 29.4 Å². The molecule has 0 bridgehead atoms. The molecule has 1 aliphatic heterocycles. The van der Waals surface area contributed by atoms with E-state index in [0.29, 0.717) is 12.1 Å². The maximum atomic E-state index is 12.7. The van der Waals surface area contributed by atoms with Gasteiger partial charge in [-0.25, -0.2) is 0 Å². The Kier molecular flexibility index (Phi) is 4.85. The lowest BCUT2D eigenvalue weighted by Crippen LogP contribution is -2.57. The molecule has 1 aromatic carbocycles. The monoisotopic (exact) mass is 341 g/mol. The predicted octanol–water partition coefficient (Wildman–Crippen LogP) is 2.68. The Balaban J connectivity index is 1.82. The Morgan fingerprint density at radius 3 is 2.58 bits per heavy atom. The van der Waals surface area contributed by atoms with Crippen molar-refractivity contribution in [1.82, 2.24) is 9.88 Å². The number of carbonyl (C=O) groups excluding carboxylic acids is 2. The molecule has 3 rings (SSSR count). The van der Waals surface area contributed by atoms with Gasteiger partial charge in [-0.05, 0) is 37.4 Å². The molecule has 6 heteroatoms. The molecule has 2 amide bonds. The first-order valence-electron chi connectivity index (χ1n) is 7.76. The minimum absolute atomic E-state index is 0.0577. The molecule has 0 spiro atoms. The lowest BCUT2D eigenvalue weighted by Gasteiger charge is -2.40. The van der Waals surface area contributed by atoms with Crippen molar-refractivity contribution in [2.75, 3.05) is 24.2 Å². The van der Waals surface area contributed by atoms with Crippen LogP contribution in [-0.4, -0.2) is 47.1 Å². The number of rotatable bonds is 3. The van der Waals surface area contributed by atoms with Gasteiger partial charge >= 0.3 is 0 Å². The molecule has 2 aromatic rings. The highest BCUT2D eigenvalue weighted by Crippen LogP contribution is 2.31. The zero-order valence-corrected chi connectivity index (χ0v) is 14.5. The highest BCUT2D eigenvalue weighted by molar-refractivity contribution is 7.98. The van der Waals surface area contributed by atoms with Crippen molar-refractivity contribution in [2.24, 2.45) is 0 Å². The second-order valence-corrected chi connectivity index (χ2v) is 6.55. The van der Waals surface area contributed by atoms with Crippen molar-refractivity contribution in [3.8, 4) is 0 Å². The summed E-state index contributed by atoms with van der Waals surface area (Å²) in [5.74, 6) is -0.187. The van der Waals surface area contributed by atoms with Crippen molar-refractivity contribution in [3.05, 3.63) is 54.4 Å². The molecule has 5 nitrogen and oxygen atoms in total. The fourth-order valence-electron chi connectivity index (χ4n) is 2.98. The van der Waals surface area contributed by atoms with Gasteiger partial charge in [-0.1, -0.05) is 12.1 Å². The number of para-hydroxylation sites is 1. The number of amides is 2. The number of carbonyl (C=O) groups is 2. The van der Waals surface area contributed by atoms with Crippen LogP contribution in [0, 0.1) is 0 Å². The van der Waals surface area contributed by atoms with Crippen LogP contribution in [0.4, 0.5) is 5.69 Å². The molecule has 124 valence electrons. The first-order chi connectivity index (χ1) is 11.6. The number of thioether (sulfide) groups is 1. The lowest BCUT2D eigenvalue weighted by atomic mass is 10.1. The van der Waals surface area contributed by atoms with Gasteiger partial charge < -0.3 is 9.80 Å². The van der Waals surface area contributed by atoms with Crippen molar-refractivity contribution in [2.45, 2.75) is 17.9 Å². The molecule has 0 N–H and O–H groups in total. The number of aromatic nitrogens is 1. The van der Waals surface area contributed by atoms with Gasteiger partial charge in [-0.3, -0.25) is 14.6 Å². The fourth-order valence-corrected chi connectivity index (χ4v) is 3.57. The Morgan fingerprint density at radius 1 is 1.21 bits per heavy atom. The van der Waals surface area contributed by atoms with Crippen molar-refractivity contribution in [3.63, 3.8) is 0 Å². The van der Waals surface area contributed by atoms with E-state index in [-0.39, 0.29) is 24.4 Å². The third-order valence-corrected chi connectivity index (χ3v) is 4.86. The summed E-state index contributed by atoms with van der Waals surface area (Å²) in [6.07, 6.45) is 5.17. The highest BCUT2D eigenvalue weighted by atomic mass is 32.2. The second-order valence-electron chi connectivity index (χ2n) is 5.71. The zero-order valence-electron chi connectivity index (χ0n) is 13.7. The maximum absolute atomic E-state index is 12.7. The molecule has 0 radical (unpaired) electrons. The third kappa shape index (κ3) is 3.14. The number of nitrogens with zero attached hydrogens (tertiary/aromatic N) is 3. The summed E-state index contributed by atoms with van der Waals surface area (Å²) in [7, 11) is 0. The van der Waals surface area contributed by atoms with Crippen LogP contribution in [0.25, 0.3) is 0 Å². The largest absolute Gasteiger partial charge is 0.327 e. The van der Waals surface area contributed by atoms with Crippen LogP contribution in [0.3, 0.4) is 0 Å². The second kappa shape index (κ2) is 7.05. The summed E-state index contributed by atoms with van der Waals surface area (Å²) < 4.78 is 0. The first-order valence-corrected chi connectivity index (χ1v) is 8.98. The highest BCUT2D eigenvalue weighted by Gasteiger charge is 2.34. The van der Waals surface area contributed by atoms with E-state index in [0.717, 1.165) is 10.6 Å². The summed E-state index contributed by atoms with van der Waals surface area (Å²) in [5.41, 5.74) is 1.47. The Hall–Kier alpha value is -2.34. The standard InChI is InChI=1S/C18H19N3O2S/c1-13-11-20(18(23)14-7-9-19-10-8-14)12-17(22)21(13)15-5-3-4-6-16(15)24-2/h3-10,13H,11-12H2,1-2H3. The summed E-state index contributed by atoms with van der Waals surface area (Å²) in [6, 6.07) is 11.1. The summed E-state index contributed by atoms with van der Waals surface area (Å²) >= 11 is 1.62. The minimum atomic E-state index is -0.129. The molecule has 24 heavy (non-hydrogen) atoms. The normalized spacial score (nSPS) is 17.9. The van der Waals surface area contributed by atoms with Crippen molar-refractivity contribution < 1.29 is 9.59 Å². The van der Waals surface area contributed by atoms with Gasteiger partial charge in [0.05, 0.1) is 11.7 Å². The minimum Gasteiger partial charge on any atom is -0.327 e. The number of hydrogen-bond acceptors (Lipinski definition) is 4. The molecule has 1 aromatic heterocycles. The van der Waals surface area contributed by atoms with E-state index in [4.69, 9.17) is 0 Å². The smallest absolute Gasteiger partial charge is 0.254 e. The number of anilines is 1. The topological polar surface area (TPSA) is 53.5 Å². The average Bonchev–Trinajstić information content (AvgIpc) is 2.61. The van der Waals surface area contributed by atoms with E-state index < -0.39 is 0 Å². The summed E-state index contributed by atoms with van der Waals surface area (Å²) in [5, 5.41) is 0. The molecule has 1 unspecified atom stereocenters. The number of benzene rings is 1. The lowest BCUT2D eigenvalue weighted by molar-refractivity contribution is -0.121. The molecule has 1 aliphatic rings. The van der Waals surface area contributed by atoms with Crippen LogP contribution in [0.5, 0.6) is 0 Å². The SMILES string of the molecule is CSc1ccccc1N1C(=O)CN(C(=O)c2ccncc2)CC1C. The van der Waals surface area contributed by atoms with Gasteiger partial charge in [-0.2, -0.15) is 0 Å². The van der Waals surface area contributed by atoms with Crippen LogP contribution in [0.15, 0.2) is 53.7 Å². The maximum Gasteiger partial charge on any atom is 0.254 e. The fraction of sp³-hybridized carbons (Fsp3) is 0.278. The average molecular weight is 341 g/mol. The molecular weight excluding hydrogens is 322 g/mol. The number of pyridine rings is 1. The molecule has 1 atom stereocenters. The Labute approximate surface area is 145 Å². The summed E-state index contributed by atoms with van der Waals surface area (Å²) in [4.78, 5) is 33.7. The van der Waals surface area contributed by atoms with E-state index in [1.165, 1.54) is 0 Å². The predicted molar refractivity (Wildman–Crippen MR) is 95.3 cm³/mol. The molecule has 2 heterocycles. The molecule has 1 fully saturated rings. The van der Waals surface area contributed by atoms with Crippen molar-refractivity contribution >= 4 is 29.3 Å². The molecule has 0 saturated carbocycles. The zero-order chi connectivity index (χ0) is 17.1. The van der Waals surface area contributed by atoms with Gasteiger partial charge in [0.25, 0.3) is 5.91 Å². The van der Waals surface area contributed by atoms with E-state index in [1.807, 2.05) is 42.3 Å². The van der Waals surface area contributed by atoms with Gasteiger partial charge in [-0.15, -0.1) is 11.8 Å².